The van der Waals surface area contributed by atoms with Crippen molar-refractivity contribution in [3.05, 3.63) is 45.0 Å². The number of hydrogen-bond acceptors (Lipinski definition) is 4. The van der Waals surface area contributed by atoms with Crippen molar-refractivity contribution in [1.29, 1.82) is 0 Å². The minimum atomic E-state index is -0.322. The zero-order valence-electron chi connectivity index (χ0n) is 11.8. The van der Waals surface area contributed by atoms with E-state index >= 15 is 0 Å². The summed E-state index contributed by atoms with van der Waals surface area (Å²) in [5.74, 6) is 0.473. The lowest BCUT2D eigenvalue weighted by atomic mass is 10.2. The molecular formula is C14H17BrN4O. The van der Waals surface area contributed by atoms with E-state index in [1.165, 1.54) is 10.9 Å². The van der Waals surface area contributed by atoms with Crippen LogP contribution < -0.4 is 10.6 Å². The van der Waals surface area contributed by atoms with Gasteiger partial charge in [-0.05, 0) is 48.3 Å². The molecule has 0 saturated carbocycles. The Bertz CT molecular complexity index is 644. The predicted molar refractivity (Wildman–Crippen MR) is 83.6 cm³/mol. The lowest BCUT2D eigenvalue weighted by Crippen LogP contribution is -2.30. The highest BCUT2D eigenvalue weighted by molar-refractivity contribution is 9.10. The number of aryl methyl sites for hydroxylation is 1. The van der Waals surface area contributed by atoms with E-state index in [0.29, 0.717) is 5.95 Å². The first-order valence-corrected chi connectivity index (χ1v) is 7.33. The molecular weight excluding hydrogens is 320 g/mol. The topological polar surface area (TPSA) is 51.0 Å². The lowest BCUT2D eigenvalue weighted by molar-refractivity contribution is 0.772. The standard InChI is InChI=1S/C14H17BrN4O/c1-4-18(5-2)13-16-9-19(14(20)17-13)12-10(3)7-6-8-11(12)15/h6-9H,4-5H2,1-3H3. The maximum Gasteiger partial charge on any atom is 0.356 e. The van der Waals surface area contributed by atoms with Gasteiger partial charge >= 0.3 is 5.69 Å². The third kappa shape index (κ3) is 2.75. The minimum absolute atomic E-state index is 0.322. The average Bonchev–Trinajstić information content (AvgIpc) is 2.42. The van der Waals surface area contributed by atoms with Gasteiger partial charge in [-0.15, -0.1) is 0 Å². The van der Waals surface area contributed by atoms with Crippen LogP contribution in [-0.4, -0.2) is 27.6 Å². The highest BCUT2D eigenvalue weighted by Gasteiger charge is 2.12. The maximum absolute atomic E-state index is 12.2. The number of aromatic nitrogens is 3. The van der Waals surface area contributed by atoms with Gasteiger partial charge in [-0.25, -0.2) is 14.3 Å². The quantitative estimate of drug-likeness (QED) is 0.860. The first-order chi connectivity index (χ1) is 9.58. The molecule has 0 atom stereocenters. The molecule has 0 unspecified atom stereocenters. The number of halogens is 1. The summed E-state index contributed by atoms with van der Waals surface area (Å²) in [6, 6.07) is 5.77. The monoisotopic (exact) mass is 336 g/mol. The molecule has 0 aliphatic heterocycles. The Hall–Kier alpha value is -1.69. The van der Waals surface area contributed by atoms with Gasteiger partial charge in [0.2, 0.25) is 5.95 Å². The summed E-state index contributed by atoms with van der Waals surface area (Å²) in [5, 5.41) is 0. The molecule has 0 saturated heterocycles. The van der Waals surface area contributed by atoms with Gasteiger partial charge in [0.25, 0.3) is 0 Å². The molecule has 0 amide bonds. The molecule has 106 valence electrons. The first-order valence-electron chi connectivity index (χ1n) is 6.54. The van der Waals surface area contributed by atoms with Gasteiger partial charge in [0.05, 0.1) is 5.69 Å². The second-order valence-electron chi connectivity index (χ2n) is 4.39. The maximum atomic E-state index is 12.2. The Labute approximate surface area is 126 Å². The van der Waals surface area contributed by atoms with E-state index < -0.39 is 0 Å². The van der Waals surface area contributed by atoms with Gasteiger partial charge in [-0.2, -0.15) is 4.98 Å². The van der Waals surface area contributed by atoms with Crippen LogP contribution in [0.25, 0.3) is 5.69 Å². The number of benzene rings is 1. The summed E-state index contributed by atoms with van der Waals surface area (Å²) in [6.45, 7) is 7.51. The van der Waals surface area contributed by atoms with Crippen LogP contribution in [0.2, 0.25) is 0 Å². The zero-order chi connectivity index (χ0) is 14.7. The summed E-state index contributed by atoms with van der Waals surface area (Å²) in [6.07, 6.45) is 1.54. The molecule has 0 aliphatic rings. The van der Waals surface area contributed by atoms with Gasteiger partial charge in [0.1, 0.15) is 6.33 Å². The molecule has 5 nitrogen and oxygen atoms in total. The largest absolute Gasteiger partial charge is 0.356 e. The SMILES string of the molecule is CCN(CC)c1ncn(-c2c(C)cccc2Br)c(=O)n1. The molecule has 0 N–H and O–H groups in total. The molecule has 2 aromatic rings. The van der Waals surface area contributed by atoms with E-state index in [4.69, 9.17) is 0 Å². The summed E-state index contributed by atoms with van der Waals surface area (Å²) in [4.78, 5) is 22.6. The summed E-state index contributed by atoms with van der Waals surface area (Å²) in [7, 11) is 0. The van der Waals surface area contributed by atoms with E-state index in [1.807, 2.05) is 43.9 Å². The summed E-state index contributed by atoms with van der Waals surface area (Å²) in [5.41, 5.74) is 1.45. The second-order valence-corrected chi connectivity index (χ2v) is 5.24. The Kier molecular flexibility index (Phi) is 4.54. The van der Waals surface area contributed by atoms with Crippen molar-refractivity contribution in [2.45, 2.75) is 20.8 Å². The molecule has 1 aromatic heterocycles. The Morgan fingerprint density at radius 2 is 2.00 bits per heavy atom. The van der Waals surface area contributed by atoms with Crippen molar-refractivity contribution in [2.75, 3.05) is 18.0 Å². The number of hydrogen-bond donors (Lipinski definition) is 0. The molecule has 1 aromatic carbocycles. The fraction of sp³-hybridized carbons (Fsp3) is 0.357. The lowest BCUT2D eigenvalue weighted by Gasteiger charge is -2.18. The Morgan fingerprint density at radius 1 is 1.30 bits per heavy atom. The van der Waals surface area contributed by atoms with Crippen molar-refractivity contribution < 1.29 is 0 Å². The summed E-state index contributed by atoms with van der Waals surface area (Å²) >= 11 is 3.47. The van der Waals surface area contributed by atoms with Crippen LogP contribution in [0.3, 0.4) is 0 Å². The average molecular weight is 337 g/mol. The second kappa shape index (κ2) is 6.17. The number of para-hydroxylation sites is 1. The van der Waals surface area contributed by atoms with E-state index in [2.05, 4.69) is 25.9 Å². The van der Waals surface area contributed by atoms with Crippen molar-refractivity contribution in [1.82, 2.24) is 14.5 Å². The van der Waals surface area contributed by atoms with Crippen LogP contribution >= 0.6 is 15.9 Å². The van der Waals surface area contributed by atoms with Gasteiger partial charge in [-0.3, -0.25) is 0 Å². The fourth-order valence-corrected chi connectivity index (χ4v) is 2.72. The Morgan fingerprint density at radius 3 is 2.55 bits per heavy atom. The van der Waals surface area contributed by atoms with Crippen molar-refractivity contribution in [2.24, 2.45) is 0 Å². The third-order valence-electron chi connectivity index (χ3n) is 3.17. The van der Waals surface area contributed by atoms with Crippen LogP contribution in [0, 0.1) is 6.92 Å². The van der Waals surface area contributed by atoms with Crippen LogP contribution in [0.4, 0.5) is 5.95 Å². The van der Waals surface area contributed by atoms with Gasteiger partial charge < -0.3 is 4.90 Å². The highest BCUT2D eigenvalue weighted by Crippen LogP contribution is 2.22. The van der Waals surface area contributed by atoms with Crippen LogP contribution in [0.1, 0.15) is 19.4 Å². The number of rotatable bonds is 4. The molecule has 0 aliphatic carbocycles. The van der Waals surface area contributed by atoms with Gasteiger partial charge in [0.15, 0.2) is 0 Å². The van der Waals surface area contributed by atoms with E-state index in [0.717, 1.165) is 28.8 Å². The molecule has 1 heterocycles. The molecule has 0 bridgehead atoms. The van der Waals surface area contributed by atoms with E-state index in [-0.39, 0.29) is 5.69 Å². The minimum Gasteiger partial charge on any atom is -0.341 e. The van der Waals surface area contributed by atoms with Crippen LogP contribution in [0.15, 0.2) is 33.8 Å². The van der Waals surface area contributed by atoms with Gasteiger partial charge in [0, 0.05) is 17.6 Å². The fourth-order valence-electron chi connectivity index (χ4n) is 2.07. The molecule has 0 radical (unpaired) electrons. The molecule has 20 heavy (non-hydrogen) atoms. The Balaban J connectivity index is 2.53. The molecule has 2 rings (SSSR count). The van der Waals surface area contributed by atoms with Crippen molar-refractivity contribution >= 4 is 21.9 Å². The molecule has 6 heteroatoms. The first kappa shape index (κ1) is 14.7. The van der Waals surface area contributed by atoms with E-state index in [1.54, 1.807) is 0 Å². The normalized spacial score (nSPS) is 10.6. The third-order valence-corrected chi connectivity index (χ3v) is 3.81. The highest BCUT2D eigenvalue weighted by atomic mass is 79.9. The number of anilines is 1. The zero-order valence-corrected chi connectivity index (χ0v) is 13.4. The predicted octanol–water partition coefficient (Wildman–Crippen LogP) is 2.54. The van der Waals surface area contributed by atoms with Gasteiger partial charge in [-0.1, -0.05) is 12.1 Å². The summed E-state index contributed by atoms with van der Waals surface area (Å²) < 4.78 is 2.31. The number of nitrogens with zero attached hydrogens (tertiary/aromatic N) is 4. The smallest absolute Gasteiger partial charge is 0.341 e. The van der Waals surface area contributed by atoms with Crippen molar-refractivity contribution in [3.8, 4) is 5.69 Å². The molecule has 0 fully saturated rings. The van der Waals surface area contributed by atoms with E-state index in [9.17, 15) is 4.79 Å². The van der Waals surface area contributed by atoms with Crippen molar-refractivity contribution in [3.63, 3.8) is 0 Å². The molecule has 0 spiro atoms. The van der Waals surface area contributed by atoms with Crippen LogP contribution in [0.5, 0.6) is 0 Å². The van der Waals surface area contributed by atoms with Crippen LogP contribution in [-0.2, 0) is 0 Å².